The van der Waals surface area contributed by atoms with Gasteiger partial charge in [-0.1, -0.05) is 28.1 Å². The Labute approximate surface area is 120 Å². The molecule has 3 rings (SSSR count). The van der Waals surface area contributed by atoms with Crippen molar-refractivity contribution in [3.05, 3.63) is 64.7 Å². The predicted octanol–water partition coefficient (Wildman–Crippen LogP) is 3.70. The summed E-state index contributed by atoms with van der Waals surface area (Å²) in [6, 6.07) is 12.2. The lowest BCUT2D eigenvalue weighted by molar-refractivity contribution is 0.414. The lowest BCUT2D eigenvalue weighted by Crippen LogP contribution is -1.96. The molecular weight excluding hydrogens is 304 g/mol. The minimum Gasteiger partial charge on any atom is -0.497 e. The van der Waals surface area contributed by atoms with Crippen LogP contribution in [0.2, 0.25) is 0 Å². The van der Waals surface area contributed by atoms with Crippen LogP contribution < -0.4 is 4.74 Å². The molecule has 4 heteroatoms. The highest BCUT2D eigenvalue weighted by Gasteiger charge is 2.05. The van der Waals surface area contributed by atoms with Crippen LogP contribution in [0.5, 0.6) is 5.75 Å². The Balaban J connectivity index is 1.92. The number of hydrogen-bond donors (Lipinski definition) is 0. The lowest BCUT2D eigenvalue weighted by atomic mass is 10.1. The minimum absolute atomic E-state index is 0.805. The van der Waals surface area contributed by atoms with E-state index in [1.807, 2.05) is 30.6 Å². The molecule has 0 saturated heterocycles. The Hall–Kier alpha value is -1.81. The number of hydrogen-bond acceptors (Lipinski definition) is 2. The summed E-state index contributed by atoms with van der Waals surface area (Å²) < 4.78 is 8.33. The minimum atomic E-state index is 0.805. The van der Waals surface area contributed by atoms with Crippen LogP contribution in [0, 0.1) is 0 Å². The van der Waals surface area contributed by atoms with Crippen LogP contribution in [-0.4, -0.2) is 16.5 Å². The van der Waals surface area contributed by atoms with Gasteiger partial charge in [0.2, 0.25) is 0 Å². The number of pyridine rings is 1. The lowest BCUT2D eigenvalue weighted by Gasteiger charge is -2.04. The third-order valence-corrected chi connectivity index (χ3v) is 3.59. The van der Waals surface area contributed by atoms with E-state index in [9.17, 15) is 0 Å². The highest BCUT2D eigenvalue weighted by Crippen LogP contribution is 2.18. The zero-order chi connectivity index (χ0) is 13.2. The molecule has 0 bridgehead atoms. The fourth-order valence-corrected chi connectivity index (χ4v) is 2.44. The average molecular weight is 317 g/mol. The van der Waals surface area contributed by atoms with Crippen LogP contribution >= 0.6 is 15.9 Å². The maximum atomic E-state index is 5.16. The first-order valence-corrected chi connectivity index (χ1v) is 6.80. The molecule has 96 valence electrons. The third kappa shape index (κ3) is 2.49. The third-order valence-electron chi connectivity index (χ3n) is 3.09. The van der Waals surface area contributed by atoms with Gasteiger partial charge >= 0.3 is 0 Å². The molecule has 3 nitrogen and oxygen atoms in total. The normalized spacial score (nSPS) is 10.8. The van der Waals surface area contributed by atoms with E-state index in [0.717, 1.165) is 28.0 Å². The molecule has 0 aliphatic heterocycles. The van der Waals surface area contributed by atoms with Crippen molar-refractivity contribution >= 4 is 21.4 Å². The molecule has 0 aliphatic rings. The van der Waals surface area contributed by atoms with Gasteiger partial charge in [0, 0.05) is 17.1 Å². The number of aromatic nitrogens is 2. The van der Waals surface area contributed by atoms with E-state index < -0.39 is 0 Å². The number of imidazole rings is 1. The van der Waals surface area contributed by atoms with E-state index in [0.29, 0.717) is 0 Å². The number of benzene rings is 1. The first-order chi connectivity index (χ1) is 9.26. The summed E-state index contributed by atoms with van der Waals surface area (Å²) in [4.78, 5) is 4.49. The Morgan fingerprint density at radius 1 is 1.21 bits per heavy atom. The van der Waals surface area contributed by atoms with Crippen LogP contribution in [0.15, 0.2) is 53.3 Å². The highest BCUT2D eigenvalue weighted by atomic mass is 79.9. The molecule has 0 fully saturated rings. The van der Waals surface area contributed by atoms with Gasteiger partial charge in [0.15, 0.2) is 0 Å². The predicted molar refractivity (Wildman–Crippen MR) is 78.7 cm³/mol. The van der Waals surface area contributed by atoms with E-state index in [4.69, 9.17) is 4.74 Å². The van der Waals surface area contributed by atoms with Crippen molar-refractivity contribution in [1.29, 1.82) is 0 Å². The van der Waals surface area contributed by atoms with E-state index in [1.165, 1.54) is 5.56 Å². The summed E-state index contributed by atoms with van der Waals surface area (Å²) in [5.74, 6) is 1.91. The molecule has 2 aromatic heterocycles. The van der Waals surface area contributed by atoms with Crippen molar-refractivity contribution in [1.82, 2.24) is 9.38 Å². The molecule has 0 aliphatic carbocycles. The molecule has 0 amide bonds. The van der Waals surface area contributed by atoms with Crippen LogP contribution in [0.4, 0.5) is 0 Å². The van der Waals surface area contributed by atoms with Gasteiger partial charge in [-0.25, -0.2) is 4.98 Å². The van der Waals surface area contributed by atoms with Gasteiger partial charge < -0.3 is 9.14 Å². The van der Waals surface area contributed by atoms with Gasteiger partial charge in [-0.05, 0) is 29.8 Å². The Bertz CT molecular complexity index is 704. The van der Waals surface area contributed by atoms with Crippen LogP contribution in [0.25, 0.3) is 5.52 Å². The molecule has 0 unspecified atom stereocenters. The summed E-state index contributed by atoms with van der Waals surface area (Å²) in [7, 11) is 1.68. The summed E-state index contributed by atoms with van der Waals surface area (Å²) >= 11 is 3.47. The molecule has 3 aromatic rings. The number of methoxy groups -OCH3 is 1. The Morgan fingerprint density at radius 2 is 2.00 bits per heavy atom. The maximum Gasteiger partial charge on any atom is 0.118 e. The van der Waals surface area contributed by atoms with E-state index in [2.05, 4.69) is 43.5 Å². The number of fused-ring (bicyclic) bond motifs is 1. The van der Waals surface area contributed by atoms with Crippen molar-refractivity contribution in [2.45, 2.75) is 6.42 Å². The Morgan fingerprint density at radius 3 is 2.74 bits per heavy atom. The highest BCUT2D eigenvalue weighted by molar-refractivity contribution is 9.10. The van der Waals surface area contributed by atoms with E-state index in [1.54, 1.807) is 7.11 Å². The smallest absolute Gasteiger partial charge is 0.118 e. The second kappa shape index (κ2) is 5.05. The quantitative estimate of drug-likeness (QED) is 0.736. The fraction of sp³-hybridized carbons (Fsp3) is 0.133. The monoisotopic (exact) mass is 316 g/mol. The Kier molecular flexibility index (Phi) is 3.25. The summed E-state index contributed by atoms with van der Waals surface area (Å²) in [6.45, 7) is 0. The van der Waals surface area contributed by atoms with Crippen molar-refractivity contribution in [2.75, 3.05) is 7.11 Å². The molecule has 0 atom stereocenters. The molecular formula is C15H13BrN2O. The van der Waals surface area contributed by atoms with Gasteiger partial charge in [0.05, 0.1) is 18.8 Å². The zero-order valence-corrected chi connectivity index (χ0v) is 12.1. The zero-order valence-electron chi connectivity index (χ0n) is 10.5. The van der Waals surface area contributed by atoms with Crippen molar-refractivity contribution in [3.8, 4) is 5.75 Å². The molecule has 0 spiro atoms. The first kappa shape index (κ1) is 12.2. The van der Waals surface area contributed by atoms with Crippen LogP contribution in [0.1, 0.15) is 11.4 Å². The standard InChI is InChI=1S/C15H13BrN2O/c1-19-14-4-2-11(3-5-14)8-15-17-10-13-9-12(16)6-7-18(13)15/h2-7,9-10H,8H2,1H3. The topological polar surface area (TPSA) is 26.5 Å². The molecule has 2 heterocycles. The van der Waals surface area contributed by atoms with Crippen LogP contribution in [0.3, 0.4) is 0 Å². The van der Waals surface area contributed by atoms with Gasteiger partial charge in [0.25, 0.3) is 0 Å². The van der Waals surface area contributed by atoms with Gasteiger partial charge in [-0.3, -0.25) is 0 Å². The summed E-state index contributed by atoms with van der Waals surface area (Å²) in [5, 5.41) is 0. The number of ether oxygens (including phenoxy) is 1. The van der Waals surface area contributed by atoms with Gasteiger partial charge in [-0.15, -0.1) is 0 Å². The molecule has 0 saturated carbocycles. The number of halogens is 1. The largest absolute Gasteiger partial charge is 0.497 e. The van der Waals surface area contributed by atoms with Crippen LogP contribution in [-0.2, 0) is 6.42 Å². The molecule has 0 N–H and O–H groups in total. The second-order valence-electron chi connectivity index (χ2n) is 4.34. The molecule has 0 radical (unpaired) electrons. The fourth-order valence-electron chi connectivity index (χ4n) is 2.08. The average Bonchev–Trinajstić information content (AvgIpc) is 2.82. The van der Waals surface area contributed by atoms with Crippen molar-refractivity contribution in [2.24, 2.45) is 0 Å². The first-order valence-electron chi connectivity index (χ1n) is 6.01. The summed E-state index contributed by atoms with van der Waals surface area (Å²) in [5.41, 5.74) is 2.31. The second-order valence-corrected chi connectivity index (χ2v) is 5.25. The summed E-state index contributed by atoms with van der Waals surface area (Å²) in [6.07, 6.45) is 4.73. The SMILES string of the molecule is COc1ccc(Cc2ncc3cc(Br)ccn23)cc1. The maximum absolute atomic E-state index is 5.16. The number of nitrogens with zero attached hydrogens (tertiary/aromatic N) is 2. The molecule has 1 aromatic carbocycles. The van der Waals surface area contributed by atoms with Crippen molar-refractivity contribution in [3.63, 3.8) is 0 Å². The molecule has 19 heavy (non-hydrogen) atoms. The van der Waals surface area contributed by atoms with E-state index in [-0.39, 0.29) is 0 Å². The van der Waals surface area contributed by atoms with Gasteiger partial charge in [0.1, 0.15) is 11.6 Å². The van der Waals surface area contributed by atoms with Crippen molar-refractivity contribution < 1.29 is 4.74 Å². The number of rotatable bonds is 3. The van der Waals surface area contributed by atoms with E-state index >= 15 is 0 Å². The van der Waals surface area contributed by atoms with Gasteiger partial charge in [-0.2, -0.15) is 0 Å².